The van der Waals surface area contributed by atoms with Crippen molar-refractivity contribution in [2.75, 3.05) is 11.9 Å². The first kappa shape index (κ1) is 18.7. The average molecular weight is 403 g/mol. The van der Waals surface area contributed by atoms with Crippen LogP contribution in [0.15, 0.2) is 28.6 Å². The van der Waals surface area contributed by atoms with E-state index in [1.165, 1.54) is 55.0 Å². The predicted molar refractivity (Wildman–Crippen MR) is 111 cm³/mol. The summed E-state index contributed by atoms with van der Waals surface area (Å²) in [7, 11) is 0. The Hall–Kier alpha value is -1.60. The largest absolute Gasteiger partial charge is 0.357 e. The van der Waals surface area contributed by atoms with Gasteiger partial charge in [0, 0.05) is 19.1 Å². The van der Waals surface area contributed by atoms with E-state index in [1.54, 1.807) is 11.3 Å². The number of hydrogen-bond donors (Lipinski definition) is 1. The molecule has 0 radical (unpaired) electrons. The van der Waals surface area contributed by atoms with Crippen molar-refractivity contribution in [2.45, 2.75) is 67.6 Å². The highest BCUT2D eigenvalue weighted by Crippen LogP contribution is 2.32. The number of aromatic nitrogens is 2. The van der Waals surface area contributed by atoms with Crippen LogP contribution < -0.4 is 5.32 Å². The smallest absolute Gasteiger partial charge is 0.236 e. The fraction of sp³-hybridized carbons (Fsp3) is 0.550. The molecule has 1 N–H and O–H groups in total. The molecule has 0 bridgehead atoms. The molecule has 1 aromatic carbocycles. The maximum absolute atomic E-state index is 12.9. The quantitative estimate of drug-likeness (QED) is 0.754. The first-order valence-electron chi connectivity index (χ1n) is 9.81. The summed E-state index contributed by atoms with van der Waals surface area (Å²) in [5.74, 6) is 0.187. The Balaban J connectivity index is 1.32. The molecule has 1 amide bonds. The van der Waals surface area contributed by atoms with E-state index >= 15 is 0 Å². The second-order valence-electron chi connectivity index (χ2n) is 7.39. The molecule has 1 aromatic heterocycles. The lowest BCUT2D eigenvalue weighted by Crippen LogP contribution is -2.40. The van der Waals surface area contributed by atoms with Gasteiger partial charge in [-0.3, -0.25) is 4.79 Å². The molecule has 1 aliphatic carbocycles. The number of rotatable bonds is 5. The van der Waals surface area contributed by atoms with E-state index in [2.05, 4.69) is 33.7 Å². The molecule has 27 heavy (non-hydrogen) atoms. The van der Waals surface area contributed by atoms with Crippen LogP contribution >= 0.6 is 23.1 Å². The number of hydrogen-bond acceptors (Lipinski definition) is 6. The maximum Gasteiger partial charge on any atom is 0.236 e. The molecule has 144 valence electrons. The Kier molecular flexibility index (Phi) is 5.98. The molecule has 2 heterocycles. The lowest BCUT2D eigenvalue weighted by Gasteiger charge is -2.30. The third-order valence-corrected chi connectivity index (χ3v) is 7.43. The van der Waals surface area contributed by atoms with Crippen molar-refractivity contribution in [1.29, 1.82) is 0 Å². The van der Waals surface area contributed by atoms with Crippen molar-refractivity contribution in [3.8, 4) is 0 Å². The highest BCUT2D eigenvalue weighted by Gasteiger charge is 2.26. The van der Waals surface area contributed by atoms with Crippen molar-refractivity contribution >= 4 is 34.1 Å². The normalized spacial score (nSPS) is 18.8. The van der Waals surface area contributed by atoms with E-state index in [1.807, 2.05) is 17.9 Å². The first-order valence-corrected chi connectivity index (χ1v) is 11.5. The number of amides is 1. The summed E-state index contributed by atoms with van der Waals surface area (Å²) >= 11 is 3.09. The van der Waals surface area contributed by atoms with Crippen molar-refractivity contribution < 1.29 is 4.79 Å². The molecule has 1 unspecified atom stereocenters. The van der Waals surface area contributed by atoms with Gasteiger partial charge in [-0.05, 0) is 37.3 Å². The van der Waals surface area contributed by atoms with Gasteiger partial charge in [-0.1, -0.05) is 66.6 Å². The fourth-order valence-corrected chi connectivity index (χ4v) is 5.94. The zero-order chi connectivity index (χ0) is 18.6. The van der Waals surface area contributed by atoms with Gasteiger partial charge in [-0.15, -0.1) is 10.2 Å². The number of carbonyl (C=O) groups excluding carboxylic acids is 1. The van der Waals surface area contributed by atoms with Gasteiger partial charge in [0.15, 0.2) is 4.34 Å². The highest BCUT2D eigenvalue weighted by molar-refractivity contribution is 8.02. The highest BCUT2D eigenvalue weighted by atomic mass is 32.2. The predicted octanol–water partition coefficient (Wildman–Crippen LogP) is 4.35. The number of anilines is 1. The number of fused-ring (bicyclic) bond motifs is 1. The van der Waals surface area contributed by atoms with Gasteiger partial charge >= 0.3 is 0 Å². The number of nitrogens with one attached hydrogen (secondary N) is 1. The van der Waals surface area contributed by atoms with Crippen LogP contribution in [0.1, 0.15) is 50.2 Å². The summed E-state index contributed by atoms with van der Waals surface area (Å²) in [4.78, 5) is 14.9. The zero-order valence-corrected chi connectivity index (χ0v) is 17.3. The molecule has 1 saturated carbocycles. The van der Waals surface area contributed by atoms with Crippen LogP contribution in [-0.4, -0.2) is 38.8 Å². The minimum Gasteiger partial charge on any atom is -0.357 e. The molecule has 0 saturated heterocycles. The molecule has 1 atom stereocenters. The molecule has 1 fully saturated rings. The molecule has 4 rings (SSSR count). The van der Waals surface area contributed by atoms with Crippen LogP contribution in [0.3, 0.4) is 0 Å². The van der Waals surface area contributed by atoms with Crippen LogP contribution in [0.2, 0.25) is 0 Å². The monoisotopic (exact) mass is 402 g/mol. The van der Waals surface area contributed by atoms with Crippen LogP contribution in [0, 0.1) is 0 Å². The molecule has 5 nitrogen and oxygen atoms in total. The third-order valence-electron chi connectivity index (χ3n) is 5.41. The Morgan fingerprint density at radius 3 is 2.81 bits per heavy atom. The summed E-state index contributed by atoms with van der Waals surface area (Å²) in [5, 5.41) is 12.8. The topological polar surface area (TPSA) is 58.1 Å². The molecule has 1 aliphatic heterocycles. The second-order valence-corrected chi connectivity index (χ2v) is 9.96. The Morgan fingerprint density at radius 2 is 2.00 bits per heavy atom. The van der Waals surface area contributed by atoms with Gasteiger partial charge < -0.3 is 10.2 Å². The van der Waals surface area contributed by atoms with Crippen molar-refractivity contribution in [3.63, 3.8) is 0 Å². The van der Waals surface area contributed by atoms with E-state index in [9.17, 15) is 4.79 Å². The zero-order valence-electron chi connectivity index (χ0n) is 15.7. The third kappa shape index (κ3) is 4.63. The number of nitrogens with zero attached hydrogens (tertiary/aromatic N) is 3. The minimum atomic E-state index is -0.147. The van der Waals surface area contributed by atoms with Crippen LogP contribution in [0.4, 0.5) is 5.13 Å². The molecular weight excluding hydrogens is 376 g/mol. The number of carbonyl (C=O) groups is 1. The van der Waals surface area contributed by atoms with Crippen molar-refractivity contribution in [3.05, 3.63) is 35.4 Å². The van der Waals surface area contributed by atoms with Crippen LogP contribution in [-0.2, 0) is 17.8 Å². The SMILES string of the molecule is CC(Sc1nnc(NC2CCCCC2)s1)C(=O)N1CCc2ccccc2C1. The van der Waals surface area contributed by atoms with Gasteiger partial charge in [-0.25, -0.2) is 0 Å². The standard InChI is InChI=1S/C20H26N4OS2/c1-14(18(25)24-12-11-15-7-5-6-8-16(15)13-24)26-20-23-22-19(27-20)21-17-9-3-2-4-10-17/h5-8,14,17H,2-4,9-13H2,1H3,(H,21,22). The maximum atomic E-state index is 12.9. The van der Waals surface area contributed by atoms with Crippen molar-refractivity contribution in [1.82, 2.24) is 15.1 Å². The van der Waals surface area contributed by atoms with E-state index < -0.39 is 0 Å². The summed E-state index contributed by atoms with van der Waals surface area (Å²) in [6.45, 7) is 3.49. The van der Waals surface area contributed by atoms with E-state index in [4.69, 9.17) is 0 Å². The Morgan fingerprint density at radius 1 is 1.22 bits per heavy atom. The van der Waals surface area contributed by atoms with Gasteiger partial charge in [0.25, 0.3) is 0 Å². The molecule has 2 aliphatic rings. The summed E-state index contributed by atoms with van der Waals surface area (Å²) in [5.41, 5.74) is 2.63. The molecule has 7 heteroatoms. The fourth-order valence-electron chi connectivity index (χ4n) is 3.88. The van der Waals surface area contributed by atoms with Gasteiger partial charge in [-0.2, -0.15) is 0 Å². The van der Waals surface area contributed by atoms with E-state index in [0.29, 0.717) is 12.6 Å². The summed E-state index contributed by atoms with van der Waals surface area (Å²) in [6.07, 6.45) is 7.30. The summed E-state index contributed by atoms with van der Waals surface area (Å²) in [6, 6.07) is 8.94. The van der Waals surface area contributed by atoms with Gasteiger partial charge in [0.05, 0.1) is 5.25 Å². The lowest BCUT2D eigenvalue weighted by molar-refractivity contribution is -0.131. The molecule has 0 spiro atoms. The van der Waals surface area contributed by atoms with E-state index in [-0.39, 0.29) is 11.2 Å². The molecule has 2 aromatic rings. The second kappa shape index (κ2) is 8.61. The minimum absolute atomic E-state index is 0.147. The molecular formula is C20H26N4OS2. The number of benzene rings is 1. The Bertz CT molecular complexity index is 788. The van der Waals surface area contributed by atoms with Crippen LogP contribution in [0.25, 0.3) is 0 Å². The van der Waals surface area contributed by atoms with E-state index in [0.717, 1.165) is 22.4 Å². The Labute approximate surface area is 168 Å². The summed E-state index contributed by atoms with van der Waals surface area (Å²) < 4.78 is 0.867. The van der Waals surface area contributed by atoms with Gasteiger partial charge in [0.2, 0.25) is 11.0 Å². The number of thioether (sulfide) groups is 1. The lowest BCUT2D eigenvalue weighted by atomic mass is 9.96. The van der Waals surface area contributed by atoms with Gasteiger partial charge in [0.1, 0.15) is 0 Å². The average Bonchev–Trinajstić information content (AvgIpc) is 3.14. The van der Waals surface area contributed by atoms with Crippen LogP contribution in [0.5, 0.6) is 0 Å². The first-order chi connectivity index (χ1) is 13.2. The van der Waals surface area contributed by atoms with Crippen molar-refractivity contribution in [2.24, 2.45) is 0 Å².